The van der Waals surface area contributed by atoms with Crippen LogP contribution in [0, 0.1) is 0 Å². The van der Waals surface area contributed by atoms with Gasteiger partial charge in [-0.15, -0.1) is 0 Å². The van der Waals surface area contributed by atoms with Gasteiger partial charge in [0.25, 0.3) is 0 Å². The maximum Gasteiger partial charge on any atom is 0.472 e. The molecule has 0 aliphatic heterocycles. The molecule has 534 valence electrons. The first-order valence-corrected chi connectivity index (χ1v) is 39.2. The van der Waals surface area contributed by atoms with Crippen molar-refractivity contribution in [2.24, 2.45) is 0 Å². The summed E-state index contributed by atoms with van der Waals surface area (Å²) in [6, 6.07) is 0. The van der Waals surface area contributed by atoms with Crippen LogP contribution in [0.15, 0.2) is 72.9 Å². The van der Waals surface area contributed by atoms with Gasteiger partial charge in [0.05, 0.1) is 26.4 Å². The van der Waals surface area contributed by atoms with Crippen LogP contribution in [0.25, 0.3) is 0 Å². The molecular weight excluding hydrogens is 1210 g/mol. The molecule has 0 aromatic rings. The highest BCUT2D eigenvalue weighted by molar-refractivity contribution is 7.47. The fourth-order valence-corrected chi connectivity index (χ4v) is 11.2. The van der Waals surface area contributed by atoms with Gasteiger partial charge in [-0.1, -0.05) is 255 Å². The Hall–Kier alpha value is -3.50. The summed E-state index contributed by atoms with van der Waals surface area (Å²) in [7, 11) is -9.94. The number of esters is 4. The lowest BCUT2D eigenvalue weighted by Gasteiger charge is -2.21. The van der Waals surface area contributed by atoms with E-state index in [2.05, 4.69) is 101 Å². The summed E-state index contributed by atoms with van der Waals surface area (Å²) >= 11 is 0. The lowest BCUT2D eigenvalue weighted by Crippen LogP contribution is -2.30. The molecule has 0 saturated heterocycles. The topological polar surface area (TPSA) is 237 Å². The van der Waals surface area contributed by atoms with Crippen LogP contribution in [0.5, 0.6) is 0 Å². The Balaban J connectivity index is 5.31. The molecule has 0 heterocycles. The van der Waals surface area contributed by atoms with Crippen LogP contribution in [0.3, 0.4) is 0 Å². The van der Waals surface area contributed by atoms with Gasteiger partial charge in [-0.3, -0.25) is 37.3 Å². The summed E-state index contributed by atoms with van der Waals surface area (Å²) in [6.07, 6.45) is 63.5. The predicted octanol–water partition coefficient (Wildman–Crippen LogP) is 20.1. The SMILES string of the molecule is CC/C=C\C/C=C\C/C=C\C/C=C\CCCCC(=O)OCC(COP(=O)(O)OCC(O)COP(=O)(O)OCC(COC(=O)CCCCCCCCCCCCCCCCC)OC(=O)CCCCCCC/C=C\CCCC)OC(=O)CCCCCCC/C=C\CCCC. The number of rotatable bonds is 68. The molecule has 0 aliphatic rings. The van der Waals surface area contributed by atoms with Crippen molar-refractivity contribution in [3.63, 3.8) is 0 Å². The molecular formula is C73H130O17P2. The number of carbonyl (C=O) groups excluding carboxylic acids is 4. The Morgan fingerprint density at radius 3 is 0.935 bits per heavy atom. The lowest BCUT2D eigenvalue weighted by atomic mass is 10.0. The molecule has 3 N–H and O–H groups in total. The fourth-order valence-electron chi connectivity index (χ4n) is 9.58. The largest absolute Gasteiger partial charge is 0.472 e. The number of unbranched alkanes of at least 4 members (excludes halogenated alkanes) is 30. The average Bonchev–Trinajstić information content (AvgIpc) is 2.55. The molecule has 0 saturated carbocycles. The van der Waals surface area contributed by atoms with E-state index in [0.717, 1.165) is 135 Å². The summed E-state index contributed by atoms with van der Waals surface area (Å²) in [5.74, 6) is -2.23. The quantitative estimate of drug-likeness (QED) is 0.0169. The third kappa shape index (κ3) is 65.2. The summed E-state index contributed by atoms with van der Waals surface area (Å²) in [5.41, 5.74) is 0. The lowest BCUT2D eigenvalue weighted by molar-refractivity contribution is -0.161. The van der Waals surface area contributed by atoms with Crippen molar-refractivity contribution in [1.82, 2.24) is 0 Å². The second-order valence-electron chi connectivity index (χ2n) is 24.2. The van der Waals surface area contributed by atoms with Crippen LogP contribution in [0.1, 0.15) is 310 Å². The van der Waals surface area contributed by atoms with E-state index in [0.29, 0.717) is 25.7 Å². The first kappa shape index (κ1) is 88.5. The third-order valence-corrected chi connectivity index (χ3v) is 17.1. The van der Waals surface area contributed by atoms with Crippen LogP contribution in [0.2, 0.25) is 0 Å². The summed E-state index contributed by atoms with van der Waals surface area (Å²) in [6.45, 7) is 4.63. The van der Waals surface area contributed by atoms with Crippen LogP contribution in [-0.4, -0.2) is 96.7 Å². The number of allylic oxidation sites excluding steroid dienone is 12. The van der Waals surface area contributed by atoms with Crippen molar-refractivity contribution in [3.8, 4) is 0 Å². The highest BCUT2D eigenvalue weighted by atomic mass is 31.2. The highest BCUT2D eigenvalue weighted by Crippen LogP contribution is 2.45. The molecule has 0 aromatic heterocycles. The second-order valence-corrected chi connectivity index (χ2v) is 27.1. The molecule has 92 heavy (non-hydrogen) atoms. The van der Waals surface area contributed by atoms with Crippen molar-refractivity contribution in [3.05, 3.63) is 72.9 Å². The summed E-state index contributed by atoms with van der Waals surface area (Å²) in [5, 5.41) is 10.6. The van der Waals surface area contributed by atoms with E-state index < -0.39 is 97.5 Å². The van der Waals surface area contributed by atoms with E-state index in [-0.39, 0.29) is 25.7 Å². The van der Waals surface area contributed by atoms with Crippen molar-refractivity contribution in [2.45, 2.75) is 329 Å². The average molecular weight is 1340 g/mol. The van der Waals surface area contributed by atoms with Crippen molar-refractivity contribution >= 4 is 39.5 Å². The number of hydrogen-bond acceptors (Lipinski definition) is 15. The van der Waals surface area contributed by atoms with E-state index in [4.69, 9.17) is 37.0 Å². The Bertz CT molecular complexity index is 2040. The van der Waals surface area contributed by atoms with Crippen LogP contribution >= 0.6 is 15.6 Å². The maximum absolute atomic E-state index is 13.0. The van der Waals surface area contributed by atoms with Gasteiger partial charge in [0.15, 0.2) is 12.2 Å². The van der Waals surface area contributed by atoms with Gasteiger partial charge in [0, 0.05) is 25.7 Å². The Morgan fingerprint density at radius 1 is 0.315 bits per heavy atom. The van der Waals surface area contributed by atoms with Crippen molar-refractivity contribution in [1.29, 1.82) is 0 Å². The first-order chi connectivity index (χ1) is 44.7. The fraction of sp³-hybridized carbons (Fsp3) is 0.781. The number of hydrogen-bond donors (Lipinski definition) is 3. The third-order valence-electron chi connectivity index (χ3n) is 15.2. The second kappa shape index (κ2) is 66.1. The zero-order chi connectivity index (χ0) is 67.5. The Kier molecular flexibility index (Phi) is 63.6. The van der Waals surface area contributed by atoms with Gasteiger partial charge in [-0.05, 0) is 103 Å². The minimum atomic E-state index is -4.97. The molecule has 0 rings (SSSR count). The zero-order valence-corrected chi connectivity index (χ0v) is 59.8. The molecule has 0 aromatic carbocycles. The Labute approximate surface area is 558 Å². The minimum Gasteiger partial charge on any atom is -0.462 e. The summed E-state index contributed by atoms with van der Waals surface area (Å²) in [4.78, 5) is 72.5. The Morgan fingerprint density at radius 2 is 0.576 bits per heavy atom. The van der Waals surface area contributed by atoms with E-state index >= 15 is 0 Å². The molecule has 0 aliphatic carbocycles. The van der Waals surface area contributed by atoms with Crippen molar-refractivity contribution < 1.29 is 80.2 Å². The number of carbonyl (C=O) groups is 4. The molecule has 0 spiro atoms. The molecule has 0 amide bonds. The monoisotopic (exact) mass is 1340 g/mol. The van der Waals surface area contributed by atoms with Gasteiger partial charge < -0.3 is 33.8 Å². The van der Waals surface area contributed by atoms with Gasteiger partial charge in [-0.2, -0.15) is 0 Å². The molecule has 0 radical (unpaired) electrons. The van der Waals surface area contributed by atoms with E-state index in [1.54, 1.807) is 0 Å². The van der Waals surface area contributed by atoms with Crippen LogP contribution < -0.4 is 0 Å². The maximum atomic E-state index is 13.0. The van der Waals surface area contributed by atoms with Gasteiger partial charge >= 0.3 is 39.5 Å². The highest BCUT2D eigenvalue weighted by Gasteiger charge is 2.30. The first-order valence-electron chi connectivity index (χ1n) is 36.2. The van der Waals surface area contributed by atoms with Gasteiger partial charge in [-0.25, -0.2) is 9.13 Å². The standard InChI is InChI=1S/C73H130O17P2/c1-5-9-13-17-21-25-29-31-33-35-39-41-45-49-53-57-70(75)83-63-68(89-72(77)59-55-51-47-43-37-27-23-19-15-11-7-3)65-87-91(79,80)85-61-67(74)62-86-92(81,82)88-66-69(90-73(78)60-56-52-48-44-38-28-24-20-16-12-8-4)64-84-71(76)58-54-50-46-42-40-36-34-32-30-26-22-18-14-10-6-2/h9,13,19-21,23-25,31,33,39,41,67-69,74H,5-8,10-12,14-18,22,26-30,32,34-38,40,42-66H2,1-4H3,(H,79,80)(H,81,82)/b13-9-,23-19-,24-20-,25-21-,33-31-,41-39-. The number of phosphoric acid groups is 2. The number of ether oxygens (including phenoxy) is 4. The molecule has 5 atom stereocenters. The van der Waals surface area contributed by atoms with Gasteiger partial charge in [0.1, 0.15) is 19.3 Å². The molecule has 0 bridgehead atoms. The normalized spacial score (nSPS) is 14.5. The van der Waals surface area contributed by atoms with Crippen LogP contribution in [0.4, 0.5) is 0 Å². The molecule has 17 nitrogen and oxygen atoms in total. The molecule has 19 heteroatoms. The van der Waals surface area contributed by atoms with E-state index in [1.165, 1.54) is 96.3 Å². The van der Waals surface area contributed by atoms with Crippen LogP contribution in [-0.2, 0) is 65.4 Å². The minimum absolute atomic E-state index is 0.0769. The zero-order valence-electron chi connectivity index (χ0n) is 58.0. The molecule has 0 fully saturated rings. The smallest absolute Gasteiger partial charge is 0.462 e. The number of aliphatic hydroxyl groups is 1. The summed E-state index contributed by atoms with van der Waals surface area (Å²) < 4.78 is 68.2. The van der Waals surface area contributed by atoms with Crippen molar-refractivity contribution in [2.75, 3.05) is 39.6 Å². The predicted molar refractivity (Wildman–Crippen MR) is 372 cm³/mol. The van der Waals surface area contributed by atoms with Gasteiger partial charge in [0.2, 0.25) is 0 Å². The van der Waals surface area contributed by atoms with E-state index in [9.17, 15) is 43.2 Å². The molecule has 5 unspecified atom stereocenters. The number of aliphatic hydroxyl groups excluding tert-OH is 1. The van der Waals surface area contributed by atoms with E-state index in [1.807, 2.05) is 0 Å². The number of phosphoric ester groups is 2.